The minimum Gasteiger partial charge on any atom is -0.363 e. The maximum absolute atomic E-state index is 2.79. The summed E-state index contributed by atoms with van der Waals surface area (Å²) in [6.45, 7) is 19.0. The van der Waals surface area contributed by atoms with Crippen molar-refractivity contribution in [1.29, 1.82) is 0 Å². The Balaban J connectivity index is 2.18. The van der Waals surface area contributed by atoms with Crippen LogP contribution < -0.4 is 4.90 Å². The van der Waals surface area contributed by atoms with E-state index in [-0.39, 0.29) is 11.0 Å². The average Bonchev–Trinajstić information content (AvgIpc) is 2.94. The molecule has 0 saturated carbocycles. The fourth-order valence-electron chi connectivity index (χ4n) is 5.61. The third kappa shape index (κ3) is 3.51. The molecule has 158 valence electrons. The zero-order valence-corrected chi connectivity index (χ0v) is 20.0. The molecule has 1 unspecified atom stereocenters. The molecule has 0 bridgehead atoms. The molecular weight excluding hydrogens is 350 g/mol. The maximum Gasteiger partial charge on any atom is 0.0400 e. The molecule has 0 heterocycles. The first-order valence-electron chi connectivity index (χ1n) is 11.8. The molecule has 0 aliphatic heterocycles. The summed E-state index contributed by atoms with van der Waals surface area (Å²) in [6.07, 6.45) is 4.85. The Morgan fingerprint density at radius 3 is 2.07 bits per heavy atom. The normalized spacial score (nSPS) is 15.9. The van der Waals surface area contributed by atoms with Crippen molar-refractivity contribution in [1.82, 2.24) is 0 Å². The van der Waals surface area contributed by atoms with E-state index < -0.39 is 0 Å². The standard InChI is InChI=1S/C28H41N/c1-9-18-28(10-2,11-3)29(21(6)20(4)5)22-16-17-24-23-14-12-13-15-25(23)27(7,8)26(24)19-22/h12-17,19-21H,9-11,18H2,1-8H3. The van der Waals surface area contributed by atoms with Gasteiger partial charge >= 0.3 is 0 Å². The van der Waals surface area contributed by atoms with Gasteiger partial charge in [0.05, 0.1) is 0 Å². The van der Waals surface area contributed by atoms with Gasteiger partial charge in [0, 0.05) is 22.7 Å². The second-order valence-corrected chi connectivity index (χ2v) is 9.94. The molecule has 0 spiro atoms. The number of nitrogens with zero attached hydrogens (tertiary/aromatic N) is 1. The van der Waals surface area contributed by atoms with Crippen LogP contribution in [-0.4, -0.2) is 11.6 Å². The summed E-state index contributed by atoms with van der Waals surface area (Å²) in [4.78, 5) is 2.79. The van der Waals surface area contributed by atoms with Gasteiger partial charge in [-0.3, -0.25) is 0 Å². The lowest BCUT2D eigenvalue weighted by Gasteiger charge is -2.50. The van der Waals surface area contributed by atoms with E-state index >= 15 is 0 Å². The van der Waals surface area contributed by atoms with Crippen LogP contribution in [0.25, 0.3) is 11.1 Å². The van der Waals surface area contributed by atoms with Crippen LogP contribution in [0.2, 0.25) is 0 Å². The number of anilines is 1. The van der Waals surface area contributed by atoms with Crippen molar-refractivity contribution in [3.63, 3.8) is 0 Å². The quantitative estimate of drug-likeness (QED) is 0.438. The summed E-state index contributed by atoms with van der Waals surface area (Å²) in [5, 5.41) is 0. The largest absolute Gasteiger partial charge is 0.363 e. The minimum absolute atomic E-state index is 0.0561. The molecule has 0 amide bonds. The van der Waals surface area contributed by atoms with Crippen molar-refractivity contribution in [2.24, 2.45) is 5.92 Å². The lowest BCUT2D eigenvalue weighted by molar-refractivity contribution is 0.284. The van der Waals surface area contributed by atoms with Gasteiger partial charge in [0.25, 0.3) is 0 Å². The third-order valence-electron chi connectivity index (χ3n) is 7.76. The van der Waals surface area contributed by atoms with E-state index in [1.54, 1.807) is 0 Å². The van der Waals surface area contributed by atoms with E-state index in [0.717, 1.165) is 0 Å². The van der Waals surface area contributed by atoms with Gasteiger partial charge in [-0.25, -0.2) is 0 Å². The molecule has 2 aromatic rings. The molecule has 0 aromatic heterocycles. The highest BCUT2D eigenvalue weighted by Gasteiger charge is 2.39. The molecule has 1 heteroatoms. The molecular formula is C28H41N. The topological polar surface area (TPSA) is 3.24 Å². The summed E-state index contributed by atoms with van der Waals surface area (Å²) >= 11 is 0. The average molecular weight is 392 g/mol. The highest BCUT2D eigenvalue weighted by molar-refractivity contribution is 5.82. The van der Waals surface area contributed by atoms with Crippen LogP contribution in [0.4, 0.5) is 5.69 Å². The summed E-state index contributed by atoms with van der Waals surface area (Å²) < 4.78 is 0. The van der Waals surface area contributed by atoms with E-state index in [1.807, 2.05) is 0 Å². The molecule has 0 saturated heterocycles. The smallest absolute Gasteiger partial charge is 0.0400 e. The second kappa shape index (κ2) is 8.17. The molecule has 29 heavy (non-hydrogen) atoms. The Bertz CT molecular complexity index is 841. The van der Waals surface area contributed by atoms with Crippen molar-refractivity contribution in [2.45, 2.75) is 98.1 Å². The zero-order chi connectivity index (χ0) is 21.4. The van der Waals surface area contributed by atoms with Gasteiger partial charge in [0.15, 0.2) is 0 Å². The van der Waals surface area contributed by atoms with Crippen LogP contribution in [0.1, 0.15) is 92.2 Å². The fraction of sp³-hybridized carbons (Fsp3) is 0.571. The number of hydrogen-bond acceptors (Lipinski definition) is 1. The molecule has 1 aliphatic rings. The van der Waals surface area contributed by atoms with Crippen molar-refractivity contribution in [3.8, 4) is 11.1 Å². The van der Waals surface area contributed by atoms with E-state index in [2.05, 4.69) is 103 Å². The molecule has 1 aliphatic carbocycles. The predicted octanol–water partition coefficient (Wildman–Crippen LogP) is 8.20. The fourth-order valence-corrected chi connectivity index (χ4v) is 5.61. The first-order valence-corrected chi connectivity index (χ1v) is 11.8. The molecule has 0 radical (unpaired) electrons. The van der Waals surface area contributed by atoms with Crippen LogP contribution in [0.15, 0.2) is 42.5 Å². The van der Waals surface area contributed by atoms with Gasteiger partial charge in [-0.05, 0) is 66.5 Å². The first-order chi connectivity index (χ1) is 13.7. The van der Waals surface area contributed by atoms with E-state index in [4.69, 9.17) is 0 Å². The zero-order valence-electron chi connectivity index (χ0n) is 20.0. The second-order valence-electron chi connectivity index (χ2n) is 9.94. The van der Waals surface area contributed by atoms with Gasteiger partial charge in [-0.1, -0.05) is 85.2 Å². The van der Waals surface area contributed by atoms with Gasteiger partial charge in [0.1, 0.15) is 0 Å². The Kier molecular flexibility index (Phi) is 6.18. The minimum atomic E-state index is 0.0561. The molecule has 1 nitrogen and oxygen atoms in total. The van der Waals surface area contributed by atoms with Gasteiger partial charge in [-0.15, -0.1) is 0 Å². The Morgan fingerprint density at radius 1 is 0.862 bits per heavy atom. The number of benzene rings is 2. The first kappa shape index (κ1) is 21.9. The number of hydrogen-bond donors (Lipinski definition) is 0. The Morgan fingerprint density at radius 2 is 1.48 bits per heavy atom. The predicted molar refractivity (Wildman–Crippen MR) is 129 cm³/mol. The van der Waals surface area contributed by atoms with Gasteiger partial charge in [-0.2, -0.15) is 0 Å². The molecule has 0 N–H and O–H groups in total. The van der Waals surface area contributed by atoms with Gasteiger partial charge in [0.2, 0.25) is 0 Å². The van der Waals surface area contributed by atoms with Crippen molar-refractivity contribution in [2.75, 3.05) is 4.90 Å². The molecule has 2 aromatic carbocycles. The van der Waals surface area contributed by atoms with Crippen molar-refractivity contribution in [3.05, 3.63) is 53.6 Å². The van der Waals surface area contributed by atoms with Crippen LogP contribution in [0.5, 0.6) is 0 Å². The van der Waals surface area contributed by atoms with Crippen LogP contribution in [0.3, 0.4) is 0 Å². The van der Waals surface area contributed by atoms with E-state index in [9.17, 15) is 0 Å². The lowest BCUT2D eigenvalue weighted by Crippen LogP contribution is -2.54. The van der Waals surface area contributed by atoms with Crippen molar-refractivity contribution < 1.29 is 0 Å². The summed E-state index contributed by atoms with van der Waals surface area (Å²) in [6, 6.07) is 16.8. The monoisotopic (exact) mass is 391 g/mol. The SMILES string of the molecule is CCCC(CC)(CC)N(c1ccc2c(c1)C(C)(C)c1ccccc1-2)C(C)C(C)C. The summed E-state index contributed by atoms with van der Waals surface area (Å²) in [5.74, 6) is 0.614. The summed E-state index contributed by atoms with van der Waals surface area (Å²) in [5.41, 5.74) is 7.45. The highest BCUT2D eigenvalue weighted by atomic mass is 15.2. The van der Waals surface area contributed by atoms with E-state index in [1.165, 1.54) is 53.6 Å². The van der Waals surface area contributed by atoms with Crippen LogP contribution in [-0.2, 0) is 5.41 Å². The van der Waals surface area contributed by atoms with Crippen molar-refractivity contribution >= 4 is 5.69 Å². The van der Waals surface area contributed by atoms with Gasteiger partial charge < -0.3 is 4.90 Å². The van der Waals surface area contributed by atoms with Crippen LogP contribution in [0, 0.1) is 5.92 Å². The highest BCUT2D eigenvalue weighted by Crippen LogP contribution is 2.50. The number of fused-ring (bicyclic) bond motifs is 3. The lowest BCUT2D eigenvalue weighted by atomic mass is 9.80. The Labute approximate surface area is 179 Å². The van der Waals surface area contributed by atoms with Crippen LogP contribution >= 0.6 is 0 Å². The third-order valence-corrected chi connectivity index (χ3v) is 7.76. The molecule has 3 rings (SSSR count). The molecule has 0 fully saturated rings. The number of rotatable bonds is 8. The van der Waals surface area contributed by atoms with E-state index in [0.29, 0.717) is 12.0 Å². The Hall–Kier alpha value is -1.76. The molecule has 1 atom stereocenters. The summed E-state index contributed by atoms with van der Waals surface area (Å²) in [7, 11) is 0. The maximum atomic E-state index is 2.79.